The number of nitrogens with one attached hydrogen (secondary N) is 2. The second-order valence-corrected chi connectivity index (χ2v) is 10.4. The fourth-order valence-corrected chi connectivity index (χ4v) is 6.45. The lowest BCUT2D eigenvalue weighted by molar-refractivity contribution is 0.176. The first-order valence-electron chi connectivity index (χ1n) is 8.26. The molecule has 3 rings (SSSR count). The normalized spacial score (nSPS) is 16.9. The summed E-state index contributed by atoms with van der Waals surface area (Å²) < 4.78 is 24.8. The first-order chi connectivity index (χ1) is 13.1. The van der Waals surface area contributed by atoms with Crippen molar-refractivity contribution in [1.82, 2.24) is 5.32 Å². The van der Waals surface area contributed by atoms with Gasteiger partial charge in [0.25, 0.3) is 0 Å². The van der Waals surface area contributed by atoms with Crippen LogP contribution >= 0.6 is 39.1 Å². The van der Waals surface area contributed by atoms with E-state index in [4.69, 9.17) is 23.2 Å². The topological polar surface area (TPSA) is 95.5 Å². The Hall–Kier alpha value is -1.32. The van der Waals surface area contributed by atoms with Crippen LogP contribution in [0.1, 0.15) is 18.1 Å². The monoisotopic (exact) mass is 506 g/mol. The lowest BCUT2D eigenvalue weighted by Crippen LogP contribution is -2.48. The minimum Gasteiger partial charge on any atom is -0.394 e. The van der Waals surface area contributed by atoms with Gasteiger partial charge < -0.3 is 15.7 Å². The van der Waals surface area contributed by atoms with Crippen LogP contribution in [0.4, 0.5) is 10.5 Å². The number of carbonyl (C=O) groups excluding carboxylic acids is 1. The first kappa shape index (κ1) is 21.4. The first-order valence-corrected chi connectivity index (χ1v) is 11.5. The number of carbonyl (C=O) groups is 1. The quantitative estimate of drug-likeness (QED) is 0.580. The van der Waals surface area contributed by atoms with Crippen molar-refractivity contribution in [2.75, 3.05) is 17.7 Å². The van der Waals surface area contributed by atoms with Crippen LogP contribution in [-0.2, 0) is 21.8 Å². The summed E-state index contributed by atoms with van der Waals surface area (Å²) in [4.78, 5) is 12.8. The highest BCUT2D eigenvalue weighted by atomic mass is 79.9. The average molecular weight is 508 g/mol. The van der Waals surface area contributed by atoms with E-state index < -0.39 is 28.0 Å². The zero-order valence-corrected chi connectivity index (χ0v) is 18.6. The molecular formula is C18H17BrCl2N2O4S. The van der Waals surface area contributed by atoms with Crippen LogP contribution in [0.25, 0.3) is 0 Å². The molecule has 0 saturated carbocycles. The Morgan fingerprint density at radius 1 is 1.25 bits per heavy atom. The van der Waals surface area contributed by atoms with Crippen LogP contribution in [0.2, 0.25) is 10.0 Å². The number of aryl methyl sites for hydroxylation is 1. The number of anilines is 1. The highest BCUT2D eigenvalue weighted by Gasteiger charge is 2.32. The summed E-state index contributed by atoms with van der Waals surface area (Å²) in [7, 11) is -3.37. The van der Waals surface area contributed by atoms with Crippen molar-refractivity contribution in [2.24, 2.45) is 0 Å². The third-order valence-electron chi connectivity index (χ3n) is 4.58. The van der Waals surface area contributed by atoms with Gasteiger partial charge in [0.05, 0.1) is 33.0 Å². The number of hydrogen-bond acceptors (Lipinski definition) is 4. The summed E-state index contributed by atoms with van der Waals surface area (Å²) in [6.07, 6.45) is 0.445. The van der Waals surface area contributed by atoms with E-state index in [0.717, 1.165) is 0 Å². The maximum absolute atomic E-state index is 12.6. The summed E-state index contributed by atoms with van der Waals surface area (Å²) in [5.41, 5.74) is 0.393. The Morgan fingerprint density at radius 2 is 1.89 bits per heavy atom. The Kier molecular flexibility index (Phi) is 5.99. The van der Waals surface area contributed by atoms with Gasteiger partial charge in [0.2, 0.25) is 0 Å². The Labute approximate surface area is 181 Å². The maximum atomic E-state index is 12.6. The van der Waals surface area contributed by atoms with Crippen molar-refractivity contribution in [3.8, 4) is 0 Å². The number of sulfone groups is 1. The molecule has 3 N–H and O–H groups in total. The summed E-state index contributed by atoms with van der Waals surface area (Å²) in [6.45, 7) is 1.22. The number of amides is 2. The van der Waals surface area contributed by atoms with Gasteiger partial charge in [-0.05, 0) is 64.7 Å². The van der Waals surface area contributed by atoms with Gasteiger partial charge in [-0.3, -0.25) is 0 Å². The fourth-order valence-electron chi connectivity index (χ4n) is 3.05. The lowest BCUT2D eigenvalue weighted by Gasteiger charge is -2.30. The number of rotatable bonds is 4. The van der Waals surface area contributed by atoms with E-state index in [1.54, 1.807) is 37.3 Å². The molecule has 1 unspecified atom stereocenters. The predicted octanol–water partition coefficient (Wildman–Crippen LogP) is 4.11. The van der Waals surface area contributed by atoms with E-state index in [-0.39, 0.29) is 10.6 Å². The third-order valence-corrected chi connectivity index (χ3v) is 7.94. The van der Waals surface area contributed by atoms with Gasteiger partial charge in [0, 0.05) is 10.0 Å². The SMILES string of the molecule is CC(CO)(NC(=O)Nc1ccc2c(c1Br)S(=O)(=O)CC2)c1cc(Cl)cc(Cl)c1. The van der Waals surface area contributed by atoms with Crippen LogP contribution in [0.15, 0.2) is 39.7 Å². The van der Waals surface area contributed by atoms with Crippen molar-refractivity contribution >= 4 is 60.7 Å². The van der Waals surface area contributed by atoms with Crippen molar-refractivity contribution in [3.63, 3.8) is 0 Å². The molecule has 0 saturated heterocycles. The molecule has 1 atom stereocenters. The predicted molar refractivity (Wildman–Crippen MR) is 113 cm³/mol. The number of hydrogen-bond donors (Lipinski definition) is 3. The lowest BCUT2D eigenvalue weighted by atomic mass is 9.93. The Balaban J connectivity index is 1.86. The number of fused-ring (bicyclic) bond motifs is 1. The number of benzene rings is 2. The van der Waals surface area contributed by atoms with E-state index in [2.05, 4.69) is 26.6 Å². The van der Waals surface area contributed by atoms with E-state index in [0.29, 0.717) is 37.8 Å². The summed E-state index contributed by atoms with van der Waals surface area (Å²) in [5.74, 6) is 0.0503. The minimum atomic E-state index is -3.37. The molecule has 150 valence electrons. The number of aliphatic hydroxyl groups excluding tert-OH is 1. The van der Waals surface area contributed by atoms with Crippen molar-refractivity contribution in [2.45, 2.75) is 23.8 Å². The molecule has 0 fully saturated rings. The highest BCUT2D eigenvalue weighted by Crippen LogP contribution is 2.37. The van der Waals surface area contributed by atoms with Crippen LogP contribution in [0, 0.1) is 0 Å². The number of halogens is 3. The molecule has 10 heteroatoms. The van der Waals surface area contributed by atoms with Crippen LogP contribution in [0.3, 0.4) is 0 Å². The van der Waals surface area contributed by atoms with Crippen LogP contribution in [-0.4, -0.2) is 31.9 Å². The minimum absolute atomic E-state index is 0.0503. The fraction of sp³-hybridized carbons (Fsp3) is 0.278. The second kappa shape index (κ2) is 7.84. The molecule has 1 aliphatic rings. The molecule has 0 aromatic heterocycles. The molecule has 0 spiro atoms. The third kappa shape index (κ3) is 4.16. The van der Waals surface area contributed by atoms with Gasteiger partial charge in [-0.25, -0.2) is 13.2 Å². The summed E-state index contributed by atoms with van der Waals surface area (Å²) in [5, 5.41) is 15.9. The highest BCUT2D eigenvalue weighted by molar-refractivity contribution is 9.10. The van der Waals surface area contributed by atoms with E-state index in [1.165, 1.54) is 0 Å². The molecule has 1 heterocycles. The molecular weight excluding hydrogens is 491 g/mol. The summed E-state index contributed by atoms with van der Waals surface area (Å²) >= 11 is 15.3. The molecule has 2 aromatic carbocycles. The maximum Gasteiger partial charge on any atom is 0.320 e. The Morgan fingerprint density at radius 3 is 2.50 bits per heavy atom. The average Bonchev–Trinajstić information content (AvgIpc) is 2.92. The van der Waals surface area contributed by atoms with Gasteiger partial charge in [0.1, 0.15) is 0 Å². The van der Waals surface area contributed by atoms with Gasteiger partial charge in [-0.2, -0.15) is 0 Å². The second-order valence-electron chi connectivity index (χ2n) is 6.71. The van der Waals surface area contributed by atoms with Gasteiger partial charge in [-0.15, -0.1) is 0 Å². The largest absolute Gasteiger partial charge is 0.394 e. The van der Waals surface area contributed by atoms with E-state index >= 15 is 0 Å². The van der Waals surface area contributed by atoms with Gasteiger partial charge >= 0.3 is 6.03 Å². The molecule has 1 aliphatic heterocycles. The number of urea groups is 1. The van der Waals surface area contributed by atoms with Crippen LogP contribution in [0.5, 0.6) is 0 Å². The zero-order chi connectivity index (χ0) is 20.7. The van der Waals surface area contributed by atoms with Crippen molar-refractivity contribution < 1.29 is 18.3 Å². The van der Waals surface area contributed by atoms with Gasteiger partial charge in [0.15, 0.2) is 9.84 Å². The van der Waals surface area contributed by atoms with E-state index in [1.807, 2.05) is 0 Å². The van der Waals surface area contributed by atoms with Crippen molar-refractivity contribution in [1.29, 1.82) is 0 Å². The molecule has 28 heavy (non-hydrogen) atoms. The van der Waals surface area contributed by atoms with Crippen LogP contribution < -0.4 is 10.6 Å². The molecule has 2 amide bonds. The Bertz CT molecular complexity index is 1040. The van der Waals surface area contributed by atoms with Gasteiger partial charge in [-0.1, -0.05) is 29.3 Å². The molecule has 0 radical (unpaired) electrons. The number of aliphatic hydroxyl groups is 1. The molecule has 2 aromatic rings. The standard InChI is InChI=1S/C18H17BrCl2N2O4S/c1-18(9-24,11-6-12(20)8-13(21)7-11)23-17(25)22-14-3-2-10-4-5-28(26,27)16(10)15(14)19/h2-3,6-8,24H,4-5,9H2,1H3,(H2,22,23,25). The van der Waals surface area contributed by atoms with E-state index in [9.17, 15) is 18.3 Å². The smallest absolute Gasteiger partial charge is 0.320 e. The summed E-state index contributed by atoms with van der Waals surface area (Å²) in [6, 6.07) is 7.44. The molecule has 0 bridgehead atoms. The van der Waals surface area contributed by atoms with Crippen molar-refractivity contribution in [3.05, 3.63) is 56.0 Å². The molecule has 6 nitrogen and oxygen atoms in total. The zero-order valence-electron chi connectivity index (χ0n) is 14.7. The molecule has 0 aliphatic carbocycles.